The minimum atomic E-state index is -0.816. The molecule has 1 aromatic carbocycles. The molecule has 24 heavy (non-hydrogen) atoms. The predicted octanol–water partition coefficient (Wildman–Crippen LogP) is 2.52. The predicted molar refractivity (Wildman–Crippen MR) is 89.7 cm³/mol. The van der Waals surface area contributed by atoms with E-state index in [4.69, 9.17) is 4.74 Å². The van der Waals surface area contributed by atoms with Crippen LogP contribution >= 0.6 is 0 Å². The van der Waals surface area contributed by atoms with Gasteiger partial charge in [0.25, 0.3) is 0 Å². The van der Waals surface area contributed by atoms with Gasteiger partial charge in [-0.05, 0) is 30.7 Å². The van der Waals surface area contributed by atoms with Gasteiger partial charge in [-0.15, -0.1) is 0 Å². The SMILES string of the molecule is O=C(O)[C@@H]1CN(C(=O)CCC2CCOCC2)C[C@@H]1c1ccccc1. The minimum absolute atomic E-state index is 0.0890. The quantitative estimate of drug-likeness (QED) is 0.900. The van der Waals surface area contributed by atoms with Crippen LogP contribution in [0.15, 0.2) is 30.3 Å². The molecule has 1 aromatic rings. The molecule has 5 nitrogen and oxygen atoms in total. The Morgan fingerprint density at radius 3 is 2.50 bits per heavy atom. The van der Waals surface area contributed by atoms with Gasteiger partial charge in [0.15, 0.2) is 0 Å². The summed E-state index contributed by atoms with van der Waals surface area (Å²) in [5.74, 6) is -0.796. The fraction of sp³-hybridized carbons (Fsp3) is 0.579. The van der Waals surface area contributed by atoms with Crippen molar-refractivity contribution in [1.29, 1.82) is 0 Å². The normalized spacial score (nSPS) is 24.9. The molecule has 0 radical (unpaired) electrons. The standard InChI is InChI=1S/C19H25NO4/c21-18(7-6-14-8-10-24-11-9-14)20-12-16(17(13-20)19(22)23)15-4-2-1-3-5-15/h1-5,14,16-17H,6-13H2,(H,22,23)/t16-,17-/m1/s1. The summed E-state index contributed by atoms with van der Waals surface area (Å²) in [5, 5.41) is 9.53. The van der Waals surface area contributed by atoms with Gasteiger partial charge >= 0.3 is 5.97 Å². The summed E-state index contributed by atoms with van der Waals surface area (Å²) in [4.78, 5) is 25.9. The second-order valence-electron chi connectivity index (χ2n) is 6.86. The number of ether oxygens (including phenoxy) is 1. The number of carbonyl (C=O) groups excluding carboxylic acids is 1. The van der Waals surface area contributed by atoms with Crippen molar-refractivity contribution >= 4 is 11.9 Å². The van der Waals surface area contributed by atoms with Crippen LogP contribution in [0.5, 0.6) is 0 Å². The third kappa shape index (κ3) is 3.96. The maximum absolute atomic E-state index is 12.5. The highest BCUT2D eigenvalue weighted by atomic mass is 16.5. The third-order valence-electron chi connectivity index (χ3n) is 5.32. The number of carbonyl (C=O) groups is 2. The summed E-state index contributed by atoms with van der Waals surface area (Å²) >= 11 is 0. The second kappa shape index (κ2) is 7.79. The molecule has 5 heteroatoms. The minimum Gasteiger partial charge on any atom is -0.481 e. The van der Waals surface area contributed by atoms with Crippen LogP contribution in [0.25, 0.3) is 0 Å². The summed E-state index contributed by atoms with van der Waals surface area (Å²) in [6, 6.07) is 9.67. The zero-order valence-electron chi connectivity index (χ0n) is 13.9. The van der Waals surface area contributed by atoms with Crippen LogP contribution in [0.2, 0.25) is 0 Å². The van der Waals surface area contributed by atoms with E-state index in [0.717, 1.165) is 38.0 Å². The van der Waals surface area contributed by atoms with Crippen LogP contribution in [0.3, 0.4) is 0 Å². The number of likely N-dealkylation sites (tertiary alicyclic amines) is 1. The summed E-state index contributed by atoms with van der Waals surface area (Å²) in [6.07, 6.45) is 3.44. The van der Waals surface area contributed by atoms with Crippen molar-refractivity contribution in [3.63, 3.8) is 0 Å². The molecule has 130 valence electrons. The van der Waals surface area contributed by atoms with Crippen molar-refractivity contribution in [2.45, 2.75) is 31.6 Å². The number of amides is 1. The molecule has 0 spiro atoms. The van der Waals surface area contributed by atoms with E-state index in [1.54, 1.807) is 4.90 Å². The molecule has 0 aromatic heterocycles. The van der Waals surface area contributed by atoms with Crippen molar-refractivity contribution in [3.05, 3.63) is 35.9 Å². The van der Waals surface area contributed by atoms with Crippen LogP contribution < -0.4 is 0 Å². The van der Waals surface area contributed by atoms with Crippen LogP contribution in [-0.2, 0) is 14.3 Å². The van der Waals surface area contributed by atoms with E-state index in [1.807, 2.05) is 30.3 Å². The van der Waals surface area contributed by atoms with Gasteiger partial charge in [-0.1, -0.05) is 30.3 Å². The number of benzene rings is 1. The highest BCUT2D eigenvalue weighted by molar-refractivity contribution is 5.79. The molecule has 2 aliphatic rings. The Hall–Kier alpha value is -1.88. The molecule has 2 saturated heterocycles. The number of rotatable bonds is 5. The first-order valence-corrected chi connectivity index (χ1v) is 8.78. The Morgan fingerprint density at radius 1 is 1.12 bits per heavy atom. The first-order valence-electron chi connectivity index (χ1n) is 8.78. The Morgan fingerprint density at radius 2 is 1.83 bits per heavy atom. The highest BCUT2D eigenvalue weighted by Crippen LogP contribution is 2.33. The molecule has 1 N–H and O–H groups in total. The van der Waals surface area contributed by atoms with Gasteiger partial charge < -0.3 is 14.7 Å². The largest absolute Gasteiger partial charge is 0.481 e. The van der Waals surface area contributed by atoms with Crippen molar-refractivity contribution in [2.75, 3.05) is 26.3 Å². The average Bonchev–Trinajstić information content (AvgIpc) is 3.07. The first-order chi connectivity index (χ1) is 11.6. The Bertz CT molecular complexity index is 568. The monoisotopic (exact) mass is 331 g/mol. The lowest BCUT2D eigenvalue weighted by Crippen LogP contribution is -2.30. The molecule has 3 rings (SSSR count). The maximum atomic E-state index is 12.5. The fourth-order valence-electron chi connectivity index (χ4n) is 3.82. The molecule has 0 bridgehead atoms. The summed E-state index contributed by atoms with van der Waals surface area (Å²) in [7, 11) is 0. The molecule has 1 amide bonds. The molecular formula is C19H25NO4. The topological polar surface area (TPSA) is 66.8 Å². The number of carboxylic acid groups (broad SMARTS) is 1. The van der Waals surface area contributed by atoms with Crippen LogP contribution in [-0.4, -0.2) is 48.2 Å². The molecule has 2 aliphatic heterocycles. The first kappa shape index (κ1) is 17.0. The van der Waals surface area contributed by atoms with Gasteiger partial charge in [-0.2, -0.15) is 0 Å². The average molecular weight is 331 g/mol. The van der Waals surface area contributed by atoms with Gasteiger partial charge in [0.05, 0.1) is 5.92 Å². The Labute approximate surface area is 142 Å². The van der Waals surface area contributed by atoms with Gasteiger partial charge in [0.1, 0.15) is 0 Å². The lowest BCUT2D eigenvalue weighted by atomic mass is 9.89. The van der Waals surface area contributed by atoms with E-state index in [9.17, 15) is 14.7 Å². The molecule has 0 unspecified atom stereocenters. The van der Waals surface area contributed by atoms with E-state index < -0.39 is 11.9 Å². The van der Waals surface area contributed by atoms with Gasteiger partial charge in [0, 0.05) is 38.6 Å². The zero-order chi connectivity index (χ0) is 16.9. The summed E-state index contributed by atoms with van der Waals surface area (Å²) in [5.41, 5.74) is 1.00. The number of aliphatic carboxylic acids is 1. The molecule has 2 fully saturated rings. The number of hydrogen-bond acceptors (Lipinski definition) is 3. The van der Waals surface area contributed by atoms with E-state index in [1.165, 1.54) is 0 Å². The van der Waals surface area contributed by atoms with Gasteiger partial charge in [0.2, 0.25) is 5.91 Å². The zero-order valence-corrected chi connectivity index (χ0v) is 13.9. The second-order valence-corrected chi connectivity index (χ2v) is 6.86. The molecule has 2 heterocycles. The van der Waals surface area contributed by atoms with Gasteiger partial charge in [-0.3, -0.25) is 9.59 Å². The van der Waals surface area contributed by atoms with Crippen molar-refractivity contribution < 1.29 is 19.4 Å². The van der Waals surface area contributed by atoms with Crippen LogP contribution in [0, 0.1) is 11.8 Å². The van der Waals surface area contributed by atoms with Crippen LogP contribution in [0.1, 0.15) is 37.2 Å². The fourth-order valence-corrected chi connectivity index (χ4v) is 3.82. The smallest absolute Gasteiger partial charge is 0.308 e. The highest BCUT2D eigenvalue weighted by Gasteiger charge is 2.40. The van der Waals surface area contributed by atoms with Crippen molar-refractivity contribution in [3.8, 4) is 0 Å². The van der Waals surface area contributed by atoms with E-state index in [0.29, 0.717) is 25.4 Å². The van der Waals surface area contributed by atoms with E-state index in [2.05, 4.69) is 0 Å². The van der Waals surface area contributed by atoms with Crippen LogP contribution in [0.4, 0.5) is 0 Å². The third-order valence-corrected chi connectivity index (χ3v) is 5.32. The number of nitrogens with zero attached hydrogens (tertiary/aromatic N) is 1. The lowest BCUT2D eigenvalue weighted by Gasteiger charge is -2.23. The van der Waals surface area contributed by atoms with E-state index >= 15 is 0 Å². The summed E-state index contributed by atoms with van der Waals surface area (Å²) < 4.78 is 5.35. The molecular weight excluding hydrogens is 306 g/mol. The number of hydrogen-bond donors (Lipinski definition) is 1. The molecule has 0 aliphatic carbocycles. The Balaban J connectivity index is 1.60. The molecule has 0 saturated carbocycles. The van der Waals surface area contributed by atoms with Gasteiger partial charge in [-0.25, -0.2) is 0 Å². The number of carboxylic acids is 1. The Kier molecular flexibility index (Phi) is 5.51. The molecule has 2 atom stereocenters. The lowest BCUT2D eigenvalue weighted by molar-refractivity contribution is -0.141. The van der Waals surface area contributed by atoms with E-state index in [-0.39, 0.29) is 11.8 Å². The van der Waals surface area contributed by atoms with Crippen molar-refractivity contribution in [2.24, 2.45) is 11.8 Å². The van der Waals surface area contributed by atoms with Crippen molar-refractivity contribution in [1.82, 2.24) is 4.90 Å². The summed E-state index contributed by atoms with van der Waals surface area (Å²) in [6.45, 7) is 2.41. The maximum Gasteiger partial charge on any atom is 0.308 e.